The van der Waals surface area contributed by atoms with Crippen LogP contribution in [0.5, 0.6) is 0 Å². The molecular formula is C31H40F2N8O3. The highest BCUT2D eigenvalue weighted by Gasteiger charge is 2.44. The quantitative estimate of drug-likeness (QED) is 0.364. The van der Waals surface area contributed by atoms with Crippen LogP contribution in [0.25, 0.3) is 11.3 Å². The molecule has 44 heavy (non-hydrogen) atoms. The molecule has 0 radical (unpaired) electrons. The number of nitrogens with zero attached hydrogens (tertiary/aromatic N) is 8. The number of hydrogen-bond acceptors (Lipinski definition) is 8. The van der Waals surface area contributed by atoms with Gasteiger partial charge in [-0.3, -0.25) is 14.3 Å². The fourth-order valence-corrected chi connectivity index (χ4v) is 5.85. The summed E-state index contributed by atoms with van der Waals surface area (Å²) in [6.07, 6.45) is 10.0. The predicted molar refractivity (Wildman–Crippen MR) is 162 cm³/mol. The molecule has 2 saturated heterocycles. The molecule has 3 fully saturated rings. The number of ether oxygens (including phenoxy) is 1. The fraction of sp³-hybridized carbons (Fsp3) is 0.581. The van der Waals surface area contributed by atoms with Crippen LogP contribution in [0.15, 0.2) is 47.8 Å². The van der Waals surface area contributed by atoms with Gasteiger partial charge in [0.25, 0.3) is 11.5 Å². The summed E-state index contributed by atoms with van der Waals surface area (Å²) in [6, 6.07) is 5.33. The van der Waals surface area contributed by atoms with Gasteiger partial charge in [0.05, 0.1) is 37.2 Å². The Morgan fingerprint density at radius 2 is 1.91 bits per heavy atom. The molecule has 6 rings (SSSR count). The van der Waals surface area contributed by atoms with E-state index in [1.807, 2.05) is 38.7 Å². The van der Waals surface area contributed by atoms with Crippen molar-refractivity contribution < 1.29 is 18.3 Å². The molecule has 236 valence electrons. The zero-order valence-corrected chi connectivity index (χ0v) is 25.7. The number of pyridine rings is 2. The van der Waals surface area contributed by atoms with Crippen LogP contribution >= 0.6 is 0 Å². The van der Waals surface area contributed by atoms with Gasteiger partial charge >= 0.3 is 6.09 Å². The van der Waals surface area contributed by atoms with Crippen LogP contribution in [0.1, 0.15) is 59.5 Å². The molecule has 0 spiro atoms. The summed E-state index contributed by atoms with van der Waals surface area (Å²) in [5.41, 5.74) is 1.86. The third kappa shape index (κ3) is 6.71. The Morgan fingerprint density at radius 3 is 2.59 bits per heavy atom. The summed E-state index contributed by atoms with van der Waals surface area (Å²) in [7, 11) is 0. The van der Waals surface area contributed by atoms with Crippen molar-refractivity contribution in [3.8, 4) is 11.3 Å². The van der Waals surface area contributed by atoms with E-state index < -0.39 is 17.7 Å². The van der Waals surface area contributed by atoms with E-state index in [1.54, 1.807) is 51.1 Å². The lowest BCUT2D eigenvalue weighted by Gasteiger charge is -2.40. The first-order chi connectivity index (χ1) is 20.8. The third-order valence-corrected chi connectivity index (χ3v) is 8.44. The highest BCUT2D eigenvalue weighted by Crippen LogP contribution is 2.34. The fourth-order valence-electron chi connectivity index (χ4n) is 5.85. The first kappa shape index (κ1) is 30.0. The van der Waals surface area contributed by atoms with Gasteiger partial charge in [-0.15, -0.1) is 5.10 Å². The second kappa shape index (κ2) is 11.5. The van der Waals surface area contributed by atoms with E-state index >= 15 is 0 Å². The molecule has 1 amide bonds. The Balaban J connectivity index is 1.14. The van der Waals surface area contributed by atoms with E-state index in [4.69, 9.17) is 4.74 Å². The molecule has 13 heteroatoms. The van der Waals surface area contributed by atoms with Crippen molar-refractivity contribution in [1.29, 1.82) is 0 Å². The van der Waals surface area contributed by atoms with E-state index in [0.29, 0.717) is 36.0 Å². The Bertz CT molecular complexity index is 1560. The normalized spacial score (nSPS) is 20.6. The van der Waals surface area contributed by atoms with Crippen LogP contribution in [-0.4, -0.2) is 85.8 Å². The molecule has 5 heterocycles. The highest BCUT2D eigenvalue weighted by atomic mass is 19.3. The van der Waals surface area contributed by atoms with Crippen molar-refractivity contribution in [2.45, 2.75) is 77.1 Å². The van der Waals surface area contributed by atoms with Crippen molar-refractivity contribution in [3.63, 3.8) is 0 Å². The maximum atomic E-state index is 13.3. The average Bonchev–Trinajstić information content (AvgIpc) is 3.65. The Labute approximate surface area is 255 Å². The lowest BCUT2D eigenvalue weighted by atomic mass is 10.0. The topological polar surface area (TPSA) is 102 Å². The second-order valence-electron chi connectivity index (χ2n) is 13.3. The van der Waals surface area contributed by atoms with Crippen LogP contribution in [0.4, 0.5) is 25.0 Å². The summed E-state index contributed by atoms with van der Waals surface area (Å²) in [5, 5.41) is 8.49. The number of amides is 1. The molecule has 2 atom stereocenters. The number of anilines is 2. The predicted octanol–water partition coefficient (Wildman–Crippen LogP) is 4.64. The number of aromatic nitrogens is 5. The van der Waals surface area contributed by atoms with Gasteiger partial charge in [-0.05, 0) is 71.4 Å². The van der Waals surface area contributed by atoms with E-state index in [0.717, 1.165) is 37.9 Å². The smallest absolute Gasteiger partial charge is 0.410 e. The molecule has 1 aliphatic carbocycles. The minimum absolute atomic E-state index is 0.0136. The number of carbonyl (C=O) groups is 1. The lowest BCUT2D eigenvalue weighted by molar-refractivity contribution is -0.0263. The largest absolute Gasteiger partial charge is 0.444 e. The molecule has 11 nitrogen and oxygen atoms in total. The van der Waals surface area contributed by atoms with Gasteiger partial charge in [0.1, 0.15) is 17.5 Å². The molecule has 2 aliphatic heterocycles. The van der Waals surface area contributed by atoms with Crippen molar-refractivity contribution in [3.05, 3.63) is 53.3 Å². The number of hydrogen-bond donors (Lipinski definition) is 0. The number of piperidine rings is 1. The Kier molecular flexibility index (Phi) is 7.83. The zero-order chi connectivity index (χ0) is 31.2. The lowest BCUT2D eigenvalue weighted by Crippen LogP contribution is -2.56. The summed E-state index contributed by atoms with van der Waals surface area (Å²) < 4.78 is 35.6. The molecule has 1 saturated carbocycles. The van der Waals surface area contributed by atoms with Crippen molar-refractivity contribution in [2.24, 2.45) is 5.92 Å². The number of halogens is 2. The second-order valence-corrected chi connectivity index (χ2v) is 13.3. The monoisotopic (exact) mass is 610 g/mol. The van der Waals surface area contributed by atoms with Gasteiger partial charge in [0.15, 0.2) is 0 Å². The van der Waals surface area contributed by atoms with Gasteiger partial charge in [-0.25, -0.2) is 18.3 Å². The average molecular weight is 611 g/mol. The molecule has 0 aromatic carbocycles. The highest BCUT2D eigenvalue weighted by molar-refractivity contribution is 5.69. The summed E-state index contributed by atoms with van der Waals surface area (Å²) in [5.74, 6) is -2.14. The van der Waals surface area contributed by atoms with E-state index in [-0.39, 0.29) is 30.8 Å². The summed E-state index contributed by atoms with van der Waals surface area (Å²) >= 11 is 0. The van der Waals surface area contributed by atoms with Crippen LogP contribution in [0.3, 0.4) is 0 Å². The van der Waals surface area contributed by atoms with Crippen molar-refractivity contribution in [1.82, 2.24) is 29.4 Å². The third-order valence-electron chi connectivity index (χ3n) is 8.44. The van der Waals surface area contributed by atoms with Gasteiger partial charge < -0.3 is 19.4 Å². The van der Waals surface area contributed by atoms with Crippen LogP contribution in [0, 0.1) is 5.92 Å². The standard InChI is InChI=1S/C31H40F2N8O3/c1-21(41-18-27(35-36-41)23-12-26(15-34-14-23)38-19-31(32,33)20-38)39-11-9-24(13-28(39)42)37-10-5-6-25(17-37)40(16-22-7-8-22)29(43)44-30(2,3)4/h9,11-15,18,21-22,25H,5-8,10,16-17,19-20H2,1-4H3/t21?,25-/m1/s1. The Morgan fingerprint density at radius 1 is 1.14 bits per heavy atom. The number of rotatable bonds is 8. The SMILES string of the molecule is CC(n1cc(-c2cncc(N3CC(F)(F)C3)c2)nn1)n1ccc(N2CCC[C@@H](N(CC3CC3)C(=O)OC(C)(C)C)C2)cc1=O. The van der Waals surface area contributed by atoms with Gasteiger partial charge in [-0.2, -0.15) is 0 Å². The van der Waals surface area contributed by atoms with Crippen LogP contribution in [0.2, 0.25) is 0 Å². The van der Waals surface area contributed by atoms with Gasteiger partial charge in [0, 0.05) is 49.3 Å². The van der Waals surface area contributed by atoms with Crippen molar-refractivity contribution >= 4 is 17.5 Å². The van der Waals surface area contributed by atoms with Crippen LogP contribution < -0.4 is 15.4 Å². The molecule has 0 bridgehead atoms. The zero-order valence-electron chi connectivity index (χ0n) is 25.7. The molecule has 0 N–H and O–H groups in total. The number of alkyl halides is 2. The number of carbonyl (C=O) groups excluding carboxylic acids is 1. The first-order valence-electron chi connectivity index (χ1n) is 15.3. The van der Waals surface area contributed by atoms with Gasteiger partial charge in [-0.1, -0.05) is 5.21 Å². The van der Waals surface area contributed by atoms with Crippen LogP contribution in [-0.2, 0) is 4.74 Å². The van der Waals surface area contributed by atoms with E-state index in [1.165, 1.54) is 0 Å². The Hall–Kier alpha value is -4.03. The maximum Gasteiger partial charge on any atom is 0.410 e. The van der Waals surface area contributed by atoms with E-state index in [2.05, 4.69) is 20.2 Å². The van der Waals surface area contributed by atoms with E-state index in [9.17, 15) is 18.4 Å². The van der Waals surface area contributed by atoms with Crippen molar-refractivity contribution in [2.75, 3.05) is 42.5 Å². The van der Waals surface area contributed by atoms with Gasteiger partial charge in [0.2, 0.25) is 0 Å². The summed E-state index contributed by atoms with van der Waals surface area (Å²) in [6.45, 7) is 9.00. The minimum Gasteiger partial charge on any atom is -0.444 e. The summed E-state index contributed by atoms with van der Waals surface area (Å²) in [4.78, 5) is 36.3. The molecule has 3 aromatic rings. The molecule has 1 unspecified atom stereocenters. The molecule has 3 aromatic heterocycles. The molecular weight excluding hydrogens is 570 g/mol. The molecule has 3 aliphatic rings. The maximum absolute atomic E-state index is 13.3. The first-order valence-corrected chi connectivity index (χ1v) is 15.3. The minimum atomic E-state index is -2.68.